The van der Waals surface area contributed by atoms with Gasteiger partial charge in [0.25, 0.3) is 5.91 Å². The Hall–Kier alpha value is -2.73. The fourth-order valence-electron chi connectivity index (χ4n) is 3.73. The number of nitrogens with two attached hydrogens (primary N) is 1. The fraction of sp³-hybridized carbons (Fsp3) is 0.364. The molecule has 146 valence electrons. The van der Waals surface area contributed by atoms with Crippen LogP contribution in [-0.2, 0) is 0 Å². The molecule has 0 unspecified atom stereocenters. The number of rotatable bonds is 3. The molecule has 0 spiro atoms. The zero-order valence-electron chi connectivity index (χ0n) is 16.4. The number of halogens is 1. The van der Waals surface area contributed by atoms with Crippen molar-refractivity contribution in [2.24, 2.45) is 0 Å². The van der Waals surface area contributed by atoms with E-state index in [9.17, 15) is 9.18 Å². The first kappa shape index (κ1) is 18.6. The van der Waals surface area contributed by atoms with E-state index in [0.29, 0.717) is 23.4 Å². The quantitative estimate of drug-likeness (QED) is 0.757. The van der Waals surface area contributed by atoms with Crippen LogP contribution in [0.5, 0.6) is 0 Å². The molecular weight excluding hydrogens is 357 g/mol. The summed E-state index contributed by atoms with van der Waals surface area (Å²) in [5.74, 6) is 0.159. The molecule has 28 heavy (non-hydrogen) atoms. The van der Waals surface area contributed by atoms with Crippen molar-refractivity contribution < 1.29 is 18.9 Å². The highest BCUT2D eigenvalue weighted by Gasteiger charge is 2.29. The Morgan fingerprint density at radius 3 is 2.71 bits per heavy atom. The van der Waals surface area contributed by atoms with Crippen LogP contribution in [-0.4, -0.2) is 41.5 Å². The number of carbonyl (C=O) groups is 1. The predicted molar refractivity (Wildman–Crippen MR) is 106 cm³/mol. The van der Waals surface area contributed by atoms with Gasteiger partial charge in [0.15, 0.2) is 11.3 Å². The summed E-state index contributed by atoms with van der Waals surface area (Å²) in [6.07, 6.45) is 0. The lowest BCUT2D eigenvalue weighted by atomic mass is 10.00. The van der Waals surface area contributed by atoms with E-state index in [1.54, 1.807) is 18.2 Å². The average Bonchev–Trinajstić information content (AvgIpc) is 3.11. The molecule has 3 heterocycles. The van der Waals surface area contributed by atoms with Crippen molar-refractivity contribution in [3.05, 3.63) is 53.5 Å². The lowest BCUT2D eigenvalue weighted by Gasteiger charge is -2.30. The minimum atomic E-state index is -0.280. The van der Waals surface area contributed by atoms with Gasteiger partial charge >= 0.3 is 0 Å². The zero-order valence-corrected chi connectivity index (χ0v) is 16.4. The van der Waals surface area contributed by atoms with Crippen molar-refractivity contribution in [3.8, 4) is 11.3 Å². The lowest BCUT2D eigenvalue weighted by molar-refractivity contribution is -0.667. The first-order valence-corrected chi connectivity index (χ1v) is 9.77. The highest BCUT2D eigenvalue weighted by Crippen LogP contribution is 2.32. The summed E-state index contributed by atoms with van der Waals surface area (Å²) in [5, 5.41) is 2.22. The van der Waals surface area contributed by atoms with E-state index in [2.05, 4.69) is 26.1 Å². The van der Waals surface area contributed by atoms with Gasteiger partial charge in [0, 0.05) is 17.2 Å². The topological polar surface area (TPSA) is 63.0 Å². The van der Waals surface area contributed by atoms with Crippen molar-refractivity contribution in [1.82, 2.24) is 9.88 Å². The first-order chi connectivity index (χ1) is 13.4. The van der Waals surface area contributed by atoms with Gasteiger partial charge in [0.2, 0.25) is 0 Å². The SMILES string of the molecule is CC(C)c1cc(-c2ccc(F)cc2)nc2cc(C(=O)N3CC[NH2+]C[C@H]3C)oc12. The Bertz CT molecular complexity index is 1010. The van der Waals surface area contributed by atoms with Crippen LogP contribution < -0.4 is 5.32 Å². The van der Waals surface area contributed by atoms with Crippen molar-refractivity contribution in [2.75, 3.05) is 19.6 Å². The third-order valence-corrected chi connectivity index (χ3v) is 5.36. The number of benzene rings is 1. The Balaban J connectivity index is 1.78. The van der Waals surface area contributed by atoms with Crippen molar-refractivity contribution in [1.29, 1.82) is 0 Å². The van der Waals surface area contributed by atoms with Crippen LogP contribution in [0.3, 0.4) is 0 Å². The molecule has 1 aromatic carbocycles. The number of carbonyl (C=O) groups excluding carboxylic acids is 1. The summed E-state index contributed by atoms with van der Waals surface area (Å²) in [6.45, 7) is 8.73. The molecule has 1 aliphatic heterocycles. The number of hydrogen-bond acceptors (Lipinski definition) is 3. The molecule has 0 aliphatic carbocycles. The number of piperazine rings is 1. The molecule has 0 radical (unpaired) electrons. The Labute approximate surface area is 163 Å². The van der Waals surface area contributed by atoms with E-state index in [1.807, 2.05) is 11.0 Å². The smallest absolute Gasteiger partial charge is 0.290 e. The molecule has 4 rings (SSSR count). The summed E-state index contributed by atoms with van der Waals surface area (Å²) in [7, 11) is 0. The number of nitrogens with zero attached hydrogens (tertiary/aromatic N) is 2. The maximum Gasteiger partial charge on any atom is 0.290 e. The van der Waals surface area contributed by atoms with Crippen LogP contribution in [0.15, 0.2) is 40.8 Å². The number of amides is 1. The van der Waals surface area contributed by atoms with Crippen LogP contribution >= 0.6 is 0 Å². The Morgan fingerprint density at radius 2 is 2.04 bits per heavy atom. The number of quaternary nitrogens is 1. The van der Waals surface area contributed by atoms with Gasteiger partial charge in [0.1, 0.15) is 11.3 Å². The molecule has 1 saturated heterocycles. The Kier molecular flexibility index (Phi) is 4.89. The number of hydrogen-bond donors (Lipinski definition) is 1. The third kappa shape index (κ3) is 3.40. The van der Waals surface area contributed by atoms with Crippen molar-refractivity contribution in [2.45, 2.75) is 32.7 Å². The molecule has 1 amide bonds. The summed E-state index contributed by atoms with van der Waals surface area (Å²) in [4.78, 5) is 19.6. The van der Waals surface area contributed by atoms with Gasteiger partial charge in [-0.25, -0.2) is 9.37 Å². The van der Waals surface area contributed by atoms with Gasteiger partial charge in [-0.05, 0) is 43.2 Å². The molecule has 0 saturated carbocycles. The maximum atomic E-state index is 13.3. The van der Waals surface area contributed by atoms with Crippen molar-refractivity contribution >= 4 is 17.0 Å². The number of fused-ring (bicyclic) bond motifs is 1. The molecule has 1 fully saturated rings. The van der Waals surface area contributed by atoms with E-state index < -0.39 is 0 Å². The van der Waals surface area contributed by atoms with Crippen molar-refractivity contribution in [3.63, 3.8) is 0 Å². The molecule has 2 N–H and O–H groups in total. The highest BCUT2D eigenvalue weighted by molar-refractivity contribution is 5.96. The van der Waals surface area contributed by atoms with Gasteiger partial charge < -0.3 is 14.6 Å². The average molecular weight is 382 g/mol. The molecule has 0 bridgehead atoms. The second-order valence-corrected chi connectivity index (χ2v) is 7.74. The number of pyridine rings is 1. The molecule has 6 heteroatoms. The highest BCUT2D eigenvalue weighted by atomic mass is 19.1. The molecule has 2 aromatic heterocycles. The van der Waals surface area contributed by atoms with E-state index in [1.165, 1.54) is 12.1 Å². The summed E-state index contributed by atoms with van der Waals surface area (Å²) < 4.78 is 19.3. The number of furan rings is 1. The summed E-state index contributed by atoms with van der Waals surface area (Å²) in [6, 6.07) is 10.2. The number of aromatic nitrogens is 1. The molecule has 1 aliphatic rings. The molecule has 5 nitrogen and oxygen atoms in total. The van der Waals surface area contributed by atoms with Crippen LogP contribution in [0.2, 0.25) is 0 Å². The van der Waals surface area contributed by atoms with Gasteiger partial charge in [-0.2, -0.15) is 0 Å². The summed E-state index contributed by atoms with van der Waals surface area (Å²) >= 11 is 0. The van der Waals surface area contributed by atoms with Gasteiger partial charge in [-0.1, -0.05) is 13.8 Å². The molecule has 3 aromatic rings. The van der Waals surface area contributed by atoms with Crippen LogP contribution in [0.25, 0.3) is 22.4 Å². The maximum absolute atomic E-state index is 13.3. The first-order valence-electron chi connectivity index (χ1n) is 9.77. The third-order valence-electron chi connectivity index (χ3n) is 5.36. The van der Waals surface area contributed by atoms with Crippen LogP contribution in [0, 0.1) is 5.82 Å². The van der Waals surface area contributed by atoms with Gasteiger partial charge in [-0.3, -0.25) is 4.79 Å². The fourth-order valence-corrected chi connectivity index (χ4v) is 3.73. The Morgan fingerprint density at radius 1 is 1.29 bits per heavy atom. The van der Waals surface area contributed by atoms with E-state index in [4.69, 9.17) is 9.40 Å². The van der Waals surface area contributed by atoms with Gasteiger partial charge in [0.05, 0.1) is 31.4 Å². The lowest BCUT2D eigenvalue weighted by Crippen LogP contribution is -2.91. The largest absolute Gasteiger partial charge is 0.449 e. The van der Waals surface area contributed by atoms with E-state index in [0.717, 1.165) is 29.9 Å². The zero-order chi connectivity index (χ0) is 19.8. The minimum Gasteiger partial charge on any atom is -0.449 e. The monoisotopic (exact) mass is 382 g/mol. The predicted octanol–water partition coefficient (Wildman–Crippen LogP) is 3.17. The van der Waals surface area contributed by atoms with E-state index in [-0.39, 0.29) is 23.7 Å². The minimum absolute atomic E-state index is 0.0864. The second-order valence-electron chi connectivity index (χ2n) is 7.74. The van der Waals surface area contributed by atoms with Gasteiger partial charge in [-0.15, -0.1) is 0 Å². The van der Waals surface area contributed by atoms with E-state index >= 15 is 0 Å². The standard InChI is InChI=1S/C22H24FN3O2/c1-13(2)17-10-18(15-4-6-16(23)7-5-15)25-19-11-20(28-21(17)19)22(27)26-9-8-24-12-14(26)3/h4-7,10-11,13-14,24H,8-9,12H2,1-3H3/p+1/t14-/m1/s1. The molecule has 1 atom stereocenters. The van der Waals surface area contributed by atoms with Crippen LogP contribution in [0.1, 0.15) is 42.8 Å². The normalized spacial score (nSPS) is 17.5. The summed E-state index contributed by atoms with van der Waals surface area (Å²) in [5.41, 5.74) is 3.88. The van der Waals surface area contributed by atoms with Crippen LogP contribution in [0.4, 0.5) is 4.39 Å². The molecular formula is C22H25FN3O2+. The second kappa shape index (κ2) is 7.36.